The van der Waals surface area contributed by atoms with E-state index in [0.29, 0.717) is 12.2 Å². The lowest BCUT2D eigenvalue weighted by molar-refractivity contribution is 0.134. The van der Waals surface area contributed by atoms with Crippen molar-refractivity contribution in [2.24, 2.45) is 0 Å². The highest BCUT2D eigenvalue weighted by Gasteiger charge is 2.22. The van der Waals surface area contributed by atoms with Crippen LogP contribution in [-0.4, -0.2) is 25.3 Å². The number of aromatic nitrogens is 3. The maximum Gasteiger partial charge on any atom is 0.348 e. The number of rotatable bonds is 6. The molecule has 0 amide bonds. The molecule has 0 saturated heterocycles. The van der Waals surface area contributed by atoms with Crippen LogP contribution < -0.4 is 5.69 Å². The lowest BCUT2D eigenvalue weighted by atomic mass is 9.98. The minimum Gasteiger partial charge on any atom is -0.389 e. The van der Waals surface area contributed by atoms with E-state index in [9.17, 15) is 9.90 Å². The zero-order chi connectivity index (χ0) is 24.5. The molecule has 0 aliphatic carbocycles. The Kier molecular flexibility index (Phi) is 6.10. The standard InChI is InChI=1S/C30H29N3O2/c1-20-14-15-27-26(16-20)28(23-10-6-4-7-11-23)29(24-12-8-5-9-13-24)33(27)19-25(34)18-32-22(3)17-21(2)31-30(32)35/h4-17,25,34H,18-19H2,1-3H3/t25-/m1/s1. The van der Waals surface area contributed by atoms with Gasteiger partial charge in [0, 0.05) is 27.9 Å². The van der Waals surface area contributed by atoms with Gasteiger partial charge in [0.05, 0.1) is 24.9 Å². The third kappa shape index (κ3) is 4.43. The number of hydrogen-bond donors (Lipinski definition) is 1. The molecule has 5 heteroatoms. The topological polar surface area (TPSA) is 60.1 Å². The highest BCUT2D eigenvalue weighted by Crippen LogP contribution is 2.41. The van der Waals surface area contributed by atoms with Crippen molar-refractivity contribution < 1.29 is 5.11 Å². The van der Waals surface area contributed by atoms with E-state index in [-0.39, 0.29) is 12.2 Å². The predicted octanol–water partition coefficient (Wildman–Crippen LogP) is 5.52. The molecule has 0 spiro atoms. The Labute approximate surface area is 204 Å². The Morgan fingerprint density at radius 2 is 1.43 bits per heavy atom. The van der Waals surface area contributed by atoms with E-state index in [1.54, 1.807) is 11.5 Å². The molecule has 0 aliphatic rings. The largest absolute Gasteiger partial charge is 0.389 e. The first-order valence-electron chi connectivity index (χ1n) is 11.9. The van der Waals surface area contributed by atoms with Crippen molar-refractivity contribution in [3.8, 4) is 22.4 Å². The Balaban J connectivity index is 1.69. The summed E-state index contributed by atoms with van der Waals surface area (Å²) in [5.74, 6) is 0. The SMILES string of the molecule is Cc1ccc2c(c1)c(-c1ccccc1)c(-c1ccccc1)n2C[C@H](O)Cn1c(C)cc(C)nc1=O. The number of nitrogens with zero attached hydrogens (tertiary/aromatic N) is 3. The molecule has 1 N–H and O–H groups in total. The van der Waals surface area contributed by atoms with Crippen LogP contribution in [0.4, 0.5) is 0 Å². The zero-order valence-corrected chi connectivity index (χ0v) is 20.3. The Hall–Kier alpha value is -3.96. The summed E-state index contributed by atoms with van der Waals surface area (Å²) < 4.78 is 3.74. The third-order valence-corrected chi connectivity index (χ3v) is 6.46. The van der Waals surface area contributed by atoms with Gasteiger partial charge in [-0.15, -0.1) is 0 Å². The van der Waals surface area contributed by atoms with E-state index in [4.69, 9.17) is 0 Å². The molecule has 1 atom stereocenters. The van der Waals surface area contributed by atoms with Gasteiger partial charge in [0.25, 0.3) is 0 Å². The second-order valence-corrected chi connectivity index (χ2v) is 9.17. The molecule has 3 aromatic carbocycles. The first-order valence-corrected chi connectivity index (χ1v) is 11.9. The summed E-state index contributed by atoms with van der Waals surface area (Å²) in [6.45, 7) is 6.30. The molecule has 0 saturated carbocycles. The van der Waals surface area contributed by atoms with E-state index in [2.05, 4.69) is 71.1 Å². The van der Waals surface area contributed by atoms with Crippen molar-refractivity contribution in [3.63, 3.8) is 0 Å². The fraction of sp³-hybridized carbons (Fsp3) is 0.200. The number of hydrogen-bond acceptors (Lipinski definition) is 3. The highest BCUT2D eigenvalue weighted by molar-refractivity contribution is 6.04. The first-order chi connectivity index (χ1) is 16.9. The van der Waals surface area contributed by atoms with Crippen molar-refractivity contribution in [2.75, 3.05) is 0 Å². The molecule has 0 aliphatic heterocycles. The van der Waals surface area contributed by atoms with Crippen molar-refractivity contribution in [2.45, 2.75) is 40.0 Å². The van der Waals surface area contributed by atoms with Crippen LogP contribution in [0.3, 0.4) is 0 Å². The van der Waals surface area contributed by atoms with Crippen LogP contribution in [0.5, 0.6) is 0 Å². The molecule has 2 heterocycles. The Morgan fingerprint density at radius 3 is 2.09 bits per heavy atom. The highest BCUT2D eigenvalue weighted by atomic mass is 16.3. The molecule has 0 fully saturated rings. The summed E-state index contributed by atoms with van der Waals surface area (Å²) in [5.41, 5.74) is 7.80. The summed E-state index contributed by atoms with van der Waals surface area (Å²) in [6.07, 6.45) is -0.779. The van der Waals surface area contributed by atoms with Crippen molar-refractivity contribution in [1.29, 1.82) is 0 Å². The third-order valence-electron chi connectivity index (χ3n) is 6.46. The lowest BCUT2D eigenvalue weighted by Crippen LogP contribution is -2.32. The number of aliphatic hydroxyl groups is 1. The molecular formula is C30H29N3O2. The predicted molar refractivity (Wildman–Crippen MR) is 142 cm³/mol. The van der Waals surface area contributed by atoms with Crippen LogP contribution >= 0.6 is 0 Å². The average molecular weight is 464 g/mol. The molecular weight excluding hydrogens is 434 g/mol. The van der Waals surface area contributed by atoms with Gasteiger partial charge in [-0.05, 0) is 50.1 Å². The fourth-order valence-electron chi connectivity index (χ4n) is 4.93. The second-order valence-electron chi connectivity index (χ2n) is 9.17. The molecule has 35 heavy (non-hydrogen) atoms. The van der Waals surface area contributed by atoms with Gasteiger partial charge in [-0.25, -0.2) is 4.79 Å². The Bertz CT molecular complexity index is 1550. The van der Waals surface area contributed by atoms with E-state index in [1.807, 2.05) is 37.3 Å². The quantitative estimate of drug-likeness (QED) is 0.361. The van der Waals surface area contributed by atoms with Gasteiger partial charge in [-0.2, -0.15) is 4.98 Å². The first kappa shape index (κ1) is 22.8. The Morgan fingerprint density at radius 1 is 0.800 bits per heavy atom. The van der Waals surface area contributed by atoms with Crippen molar-refractivity contribution in [3.05, 3.63) is 112 Å². The molecule has 176 valence electrons. The van der Waals surface area contributed by atoms with Gasteiger partial charge in [0.1, 0.15) is 0 Å². The molecule has 5 aromatic rings. The van der Waals surface area contributed by atoms with Gasteiger partial charge in [-0.1, -0.05) is 72.3 Å². The van der Waals surface area contributed by atoms with Crippen LogP contribution in [0.15, 0.2) is 89.7 Å². The van der Waals surface area contributed by atoms with Gasteiger partial charge < -0.3 is 9.67 Å². The molecule has 5 rings (SSSR count). The summed E-state index contributed by atoms with van der Waals surface area (Å²) >= 11 is 0. The summed E-state index contributed by atoms with van der Waals surface area (Å²) in [6, 6.07) is 29.0. The van der Waals surface area contributed by atoms with Crippen LogP contribution in [0.2, 0.25) is 0 Å². The lowest BCUT2D eigenvalue weighted by Gasteiger charge is -2.19. The van der Waals surface area contributed by atoms with Gasteiger partial charge in [-0.3, -0.25) is 4.57 Å². The smallest absolute Gasteiger partial charge is 0.348 e. The van der Waals surface area contributed by atoms with E-state index >= 15 is 0 Å². The van der Waals surface area contributed by atoms with E-state index in [1.165, 1.54) is 5.56 Å². The molecule has 2 aromatic heterocycles. The van der Waals surface area contributed by atoms with E-state index in [0.717, 1.165) is 39.0 Å². The maximum atomic E-state index is 12.5. The van der Waals surface area contributed by atoms with Gasteiger partial charge >= 0.3 is 5.69 Å². The molecule has 0 unspecified atom stereocenters. The summed E-state index contributed by atoms with van der Waals surface area (Å²) in [7, 11) is 0. The van der Waals surface area contributed by atoms with Crippen LogP contribution in [0, 0.1) is 20.8 Å². The van der Waals surface area contributed by atoms with Gasteiger partial charge in [0.2, 0.25) is 0 Å². The fourth-order valence-corrected chi connectivity index (χ4v) is 4.93. The van der Waals surface area contributed by atoms with E-state index < -0.39 is 6.10 Å². The second kappa shape index (κ2) is 9.35. The summed E-state index contributed by atoms with van der Waals surface area (Å²) in [5, 5.41) is 12.4. The number of aryl methyl sites for hydroxylation is 3. The van der Waals surface area contributed by atoms with Crippen LogP contribution in [0.1, 0.15) is 17.0 Å². The minimum absolute atomic E-state index is 0.179. The maximum absolute atomic E-state index is 12.5. The van der Waals surface area contributed by atoms with Crippen LogP contribution in [0.25, 0.3) is 33.3 Å². The van der Waals surface area contributed by atoms with Gasteiger partial charge in [0.15, 0.2) is 0 Å². The van der Waals surface area contributed by atoms with Crippen molar-refractivity contribution in [1.82, 2.24) is 14.1 Å². The number of benzene rings is 3. The average Bonchev–Trinajstić information content (AvgIpc) is 3.15. The monoisotopic (exact) mass is 463 g/mol. The minimum atomic E-state index is -0.779. The number of aliphatic hydroxyl groups excluding tert-OH is 1. The number of fused-ring (bicyclic) bond motifs is 1. The molecule has 0 radical (unpaired) electrons. The van der Waals surface area contributed by atoms with Crippen molar-refractivity contribution >= 4 is 10.9 Å². The van der Waals surface area contributed by atoms with Crippen LogP contribution in [-0.2, 0) is 13.1 Å². The molecule has 5 nitrogen and oxygen atoms in total. The zero-order valence-electron chi connectivity index (χ0n) is 20.3. The normalized spacial score (nSPS) is 12.2. The summed E-state index contributed by atoms with van der Waals surface area (Å²) in [4.78, 5) is 16.6. The molecule has 0 bridgehead atoms.